The summed E-state index contributed by atoms with van der Waals surface area (Å²) in [6, 6.07) is 7.70. The van der Waals surface area contributed by atoms with Crippen molar-refractivity contribution in [3.05, 3.63) is 53.1 Å². The Bertz CT molecular complexity index is 771. The van der Waals surface area contributed by atoms with E-state index in [2.05, 4.69) is 9.97 Å². The molecule has 0 saturated carbocycles. The van der Waals surface area contributed by atoms with E-state index in [9.17, 15) is 9.90 Å². The predicted octanol–water partition coefficient (Wildman–Crippen LogP) is 2.37. The third-order valence-corrected chi connectivity index (χ3v) is 4.78. The number of aliphatic hydroxyl groups excluding tert-OH is 1. The van der Waals surface area contributed by atoms with Gasteiger partial charge in [0, 0.05) is 30.8 Å². The zero-order valence-corrected chi connectivity index (χ0v) is 15.3. The second kappa shape index (κ2) is 8.27. The predicted molar refractivity (Wildman–Crippen MR) is 97.9 cm³/mol. The summed E-state index contributed by atoms with van der Waals surface area (Å²) in [5, 5.41) is 9.52. The number of aryl methyl sites for hydroxylation is 2. The van der Waals surface area contributed by atoms with Crippen molar-refractivity contribution in [3.63, 3.8) is 0 Å². The number of benzene rings is 1. The quantitative estimate of drug-likeness (QED) is 0.891. The van der Waals surface area contributed by atoms with Crippen LogP contribution in [0.1, 0.15) is 41.4 Å². The second-order valence-electron chi connectivity index (χ2n) is 6.75. The number of nitrogens with zero attached hydrogens (tertiary/aromatic N) is 3. The van der Waals surface area contributed by atoms with Crippen molar-refractivity contribution >= 4 is 5.91 Å². The van der Waals surface area contributed by atoms with Gasteiger partial charge in [-0.2, -0.15) is 0 Å². The normalized spacial score (nSPS) is 15.1. The average molecular weight is 355 g/mol. The maximum Gasteiger partial charge on any atom is 0.260 e. The highest BCUT2D eigenvalue weighted by molar-refractivity contribution is 5.77. The van der Waals surface area contributed by atoms with E-state index in [1.807, 2.05) is 43.0 Å². The van der Waals surface area contributed by atoms with Crippen molar-refractivity contribution in [1.29, 1.82) is 0 Å². The molecule has 1 N–H and O–H groups in total. The fraction of sp³-hybridized carbons (Fsp3) is 0.450. The van der Waals surface area contributed by atoms with Crippen LogP contribution in [0.3, 0.4) is 0 Å². The van der Waals surface area contributed by atoms with Gasteiger partial charge in [0.15, 0.2) is 6.61 Å². The molecule has 1 aromatic carbocycles. The van der Waals surface area contributed by atoms with Gasteiger partial charge in [-0.1, -0.05) is 12.1 Å². The molecule has 0 spiro atoms. The first-order valence-electron chi connectivity index (χ1n) is 8.97. The van der Waals surface area contributed by atoms with Crippen LogP contribution in [0.2, 0.25) is 0 Å². The molecule has 138 valence electrons. The third kappa shape index (κ3) is 4.38. The minimum absolute atomic E-state index is 0.00575. The van der Waals surface area contributed by atoms with E-state index < -0.39 is 0 Å². The molecule has 1 aliphatic rings. The number of hydrogen-bond donors (Lipinski definition) is 1. The van der Waals surface area contributed by atoms with Crippen molar-refractivity contribution < 1.29 is 14.6 Å². The Balaban J connectivity index is 1.55. The highest BCUT2D eigenvalue weighted by Gasteiger charge is 2.26. The topological polar surface area (TPSA) is 75.5 Å². The van der Waals surface area contributed by atoms with Gasteiger partial charge >= 0.3 is 0 Å². The summed E-state index contributed by atoms with van der Waals surface area (Å²) in [4.78, 5) is 22.9. The van der Waals surface area contributed by atoms with E-state index in [0.717, 1.165) is 35.4 Å². The number of likely N-dealkylation sites (tertiary alicyclic amines) is 1. The summed E-state index contributed by atoms with van der Waals surface area (Å²) in [6.07, 6.45) is 3.37. The van der Waals surface area contributed by atoms with E-state index in [4.69, 9.17) is 4.74 Å². The molecule has 1 fully saturated rings. The van der Waals surface area contributed by atoms with Crippen LogP contribution in [0.5, 0.6) is 5.75 Å². The Morgan fingerprint density at radius 1 is 1.31 bits per heavy atom. The highest BCUT2D eigenvalue weighted by atomic mass is 16.5. The lowest BCUT2D eigenvalue weighted by molar-refractivity contribution is -0.134. The smallest absolute Gasteiger partial charge is 0.260 e. The lowest BCUT2D eigenvalue weighted by atomic mass is 9.91. The van der Waals surface area contributed by atoms with Gasteiger partial charge in [-0.05, 0) is 44.4 Å². The number of rotatable bonds is 5. The van der Waals surface area contributed by atoms with E-state index >= 15 is 0 Å². The Morgan fingerprint density at radius 2 is 2.08 bits per heavy atom. The molecular weight excluding hydrogens is 330 g/mol. The average Bonchev–Trinajstić information content (AvgIpc) is 2.66. The molecule has 1 saturated heterocycles. The molecular formula is C20H25N3O3. The molecule has 6 nitrogen and oxygen atoms in total. The molecule has 1 amide bonds. The van der Waals surface area contributed by atoms with Gasteiger partial charge in [0.25, 0.3) is 5.91 Å². The van der Waals surface area contributed by atoms with Gasteiger partial charge in [-0.3, -0.25) is 4.79 Å². The Hall–Kier alpha value is -2.47. The number of aromatic nitrogens is 2. The van der Waals surface area contributed by atoms with Crippen LogP contribution in [-0.4, -0.2) is 45.6 Å². The van der Waals surface area contributed by atoms with Crippen molar-refractivity contribution in [2.24, 2.45) is 0 Å². The van der Waals surface area contributed by atoms with Crippen LogP contribution in [0.4, 0.5) is 0 Å². The lowest BCUT2D eigenvalue weighted by Crippen LogP contribution is -2.40. The van der Waals surface area contributed by atoms with Crippen molar-refractivity contribution in [2.45, 2.75) is 39.2 Å². The number of carbonyl (C=O) groups excluding carboxylic acids is 1. The molecule has 0 unspecified atom stereocenters. The molecule has 3 rings (SSSR count). The molecule has 0 aliphatic carbocycles. The van der Waals surface area contributed by atoms with Gasteiger partial charge in [-0.25, -0.2) is 9.97 Å². The molecule has 0 atom stereocenters. The summed E-state index contributed by atoms with van der Waals surface area (Å²) in [6.45, 7) is 5.20. The standard InChI is InChI=1S/C20H25N3O3/c1-14-4-3-5-18(10-14)26-13-19(25)23-8-6-16(7-9-23)20-17(12-24)11-21-15(2)22-20/h3-5,10-11,16,24H,6-9,12-13H2,1-2H3. The first-order chi connectivity index (χ1) is 12.6. The maximum atomic E-state index is 12.4. The molecule has 26 heavy (non-hydrogen) atoms. The van der Waals surface area contributed by atoms with Crippen LogP contribution in [-0.2, 0) is 11.4 Å². The molecule has 2 heterocycles. The zero-order chi connectivity index (χ0) is 18.5. The lowest BCUT2D eigenvalue weighted by Gasteiger charge is -2.32. The van der Waals surface area contributed by atoms with Crippen LogP contribution < -0.4 is 4.74 Å². The highest BCUT2D eigenvalue weighted by Crippen LogP contribution is 2.29. The number of amides is 1. The van der Waals surface area contributed by atoms with Crippen LogP contribution in [0.25, 0.3) is 0 Å². The SMILES string of the molecule is Cc1cccc(OCC(=O)N2CCC(c3nc(C)ncc3CO)CC2)c1. The third-order valence-electron chi connectivity index (χ3n) is 4.78. The van der Waals surface area contributed by atoms with Gasteiger partial charge < -0.3 is 14.7 Å². The van der Waals surface area contributed by atoms with Crippen LogP contribution in [0, 0.1) is 13.8 Å². The van der Waals surface area contributed by atoms with Crippen molar-refractivity contribution in [2.75, 3.05) is 19.7 Å². The number of aliphatic hydroxyl groups is 1. The Morgan fingerprint density at radius 3 is 2.77 bits per heavy atom. The zero-order valence-electron chi connectivity index (χ0n) is 15.3. The van der Waals surface area contributed by atoms with Crippen molar-refractivity contribution in [1.82, 2.24) is 14.9 Å². The number of piperidine rings is 1. The first kappa shape index (κ1) is 18.3. The number of hydrogen-bond acceptors (Lipinski definition) is 5. The van der Waals surface area contributed by atoms with Gasteiger partial charge in [0.05, 0.1) is 12.3 Å². The van der Waals surface area contributed by atoms with E-state index in [0.29, 0.717) is 18.9 Å². The summed E-state index contributed by atoms with van der Waals surface area (Å²) in [5.74, 6) is 1.69. The van der Waals surface area contributed by atoms with Gasteiger partial charge in [0.2, 0.25) is 0 Å². The summed E-state index contributed by atoms with van der Waals surface area (Å²) < 4.78 is 5.62. The molecule has 0 bridgehead atoms. The van der Waals surface area contributed by atoms with Crippen molar-refractivity contribution in [3.8, 4) is 5.75 Å². The molecule has 1 aliphatic heterocycles. The largest absolute Gasteiger partial charge is 0.484 e. The van der Waals surface area contributed by atoms with Crippen LogP contribution in [0.15, 0.2) is 30.5 Å². The van der Waals surface area contributed by atoms with E-state index in [1.165, 1.54) is 0 Å². The minimum atomic E-state index is -0.0565. The minimum Gasteiger partial charge on any atom is -0.484 e. The van der Waals surface area contributed by atoms with Gasteiger partial charge in [-0.15, -0.1) is 0 Å². The summed E-state index contributed by atoms with van der Waals surface area (Å²) in [7, 11) is 0. The van der Waals surface area contributed by atoms with E-state index in [1.54, 1.807) is 6.20 Å². The molecule has 2 aromatic rings. The van der Waals surface area contributed by atoms with Gasteiger partial charge in [0.1, 0.15) is 11.6 Å². The number of ether oxygens (including phenoxy) is 1. The number of carbonyl (C=O) groups is 1. The molecule has 1 aromatic heterocycles. The summed E-state index contributed by atoms with van der Waals surface area (Å²) >= 11 is 0. The van der Waals surface area contributed by atoms with Crippen LogP contribution >= 0.6 is 0 Å². The summed E-state index contributed by atoms with van der Waals surface area (Å²) in [5.41, 5.74) is 2.81. The fourth-order valence-corrected chi connectivity index (χ4v) is 3.33. The molecule has 6 heteroatoms. The van der Waals surface area contributed by atoms with E-state index in [-0.39, 0.29) is 25.0 Å². The Kier molecular flexibility index (Phi) is 5.83. The first-order valence-corrected chi connectivity index (χ1v) is 8.97. The monoisotopic (exact) mass is 355 g/mol. The fourth-order valence-electron chi connectivity index (χ4n) is 3.33. The molecule has 0 radical (unpaired) electrons. The maximum absolute atomic E-state index is 12.4. The Labute approximate surface area is 153 Å². The second-order valence-corrected chi connectivity index (χ2v) is 6.75.